The monoisotopic (exact) mass is 288 g/mol. The Morgan fingerprint density at radius 3 is 2.90 bits per heavy atom. The first kappa shape index (κ1) is 15.1. The second-order valence-electron chi connectivity index (χ2n) is 4.79. The zero-order valence-electron chi connectivity index (χ0n) is 12.1. The number of aromatic amines is 1. The summed E-state index contributed by atoms with van der Waals surface area (Å²) in [6.07, 6.45) is 3.97. The number of amides is 1. The van der Waals surface area contributed by atoms with Crippen LogP contribution < -0.4 is 5.32 Å². The summed E-state index contributed by atoms with van der Waals surface area (Å²) in [4.78, 5) is 25.9. The van der Waals surface area contributed by atoms with E-state index in [2.05, 4.69) is 16.4 Å². The summed E-state index contributed by atoms with van der Waals surface area (Å²) < 4.78 is 4.75. The molecule has 0 radical (unpaired) electrons. The van der Waals surface area contributed by atoms with Crippen LogP contribution in [0, 0.1) is 0 Å². The van der Waals surface area contributed by atoms with E-state index in [1.54, 1.807) is 6.92 Å². The smallest absolute Gasteiger partial charge is 0.325 e. The number of ether oxygens (including phenoxy) is 1. The van der Waals surface area contributed by atoms with Gasteiger partial charge >= 0.3 is 5.97 Å². The van der Waals surface area contributed by atoms with E-state index < -0.39 is 5.97 Å². The van der Waals surface area contributed by atoms with E-state index in [0.717, 1.165) is 18.4 Å². The number of nitrogens with one attached hydrogen (secondary N) is 2. The van der Waals surface area contributed by atoms with Crippen LogP contribution in [0.1, 0.15) is 25.3 Å². The molecule has 0 bridgehead atoms. The lowest BCUT2D eigenvalue weighted by atomic mass is 10.1. The van der Waals surface area contributed by atoms with Crippen LogP contribution in [0.25, 0.3) is 10.9 Å². The molecule has 1 aromatic heterocycles. The fraction of sp³-hybridized carbons (Fsp3) is 0.375. The van der Waals surface area contributed by atoms with Crippen molar-refractivity contribution in [3.05, 3.63) is 36.0 Å². The molecule has 0 aliphatic rings. The van der Waals surface area contributed by atoms with Gasteiger partial charge < -0.3 is 15.0 Å². The van der Waals surface area contributed by atoms with Gasteiger partial charge in [0.2, 0.25) is 5.91 Å². The molecule has 1 heterocycles. The molecule has 5 heteroatoms. The van der Waals surface area contributed by atoms with Crippen molar-refractivity contribution in [1.82, 2.24) is 10.3 Å². The Hall–Kier alpha value is -2.30. The second-order valence-corrected chi connectivity index (χ2v) is 4.79. The highest BCUT2D eigenvalue weighted by Crippen LogP contribution is 2.19. The molecule has 0 saturated heterocycles. The minimum atomic E-state index is -0.400. The molecule has 5 nitrogen and oxygen atoms in total. The van der Waals surface area contributed by atoms with Crippen LogP contribution >= 0.6 is 0 Å². The number of rotatable bonds is 7. The van der Waals surface area contributed by atoms with E-state index in [0.29, 0.717) is 13.0 Å². The first-order valence-electron chi connectivity index (χ1n) is 7.18. The Morgan fingerprint density at radius 1 is 1.29 bits per heavy atom. The van der Waals surface area contributed by atoms with Gasteiger partial charge in [0, 0.05) is 23.5 Å². The number of H-pyrrole nitrogens is 1. The van der Waals surface area contributed by atoms with Crippen molar-refractivity contribution >= 4 is 22.8 Å². The van der Waals surface area contributed by atoms with Crippen molar-refractivity contribution < 1.29 is 14.3 Å². The minimum absolute atomic E-state index is 0.0558. The van der Waals surface area contributed by atoms with Gasteiger partial charge in [0.15, 0.2) is 0 Å². The Labute approximate surface area is 123 Å². The molecule has 112 valence electrons. The summed E-state index contributed by atoms with van der Waals surface area (Å²) in [5.41, 5.74) is 2.32. The highest BCUT2D eigenvalue weighted by atomic mass is 16.5. The predicted octanol–water partition coefficient (Wildman–Crippen LogP) is 2.17. The van der Waals surface area contributed by atoms with Crippen LogP contribution in [-0.4, -0.2) is 30.0 Å². The van der Waals surface area contributed by atoms with Crippen LogP contribution in [-0.2, 0) is 20.7 Å². The first-order valence-corrected chi connectivity index (χ1v) is 7.18. The Kier molecular flexibility index (Phi) is 5.37. The third-order valence-electron chi connectivity index (χ3n) is 3.26. The van der Waals surface area contributed by atoms with Crippen molar-refractivity contribution in [1.29, 1.82) is 0 Å². The lowest BCUT2D eigenvalue weighted by Crippen LogP contribution is -2.30. The van der Waals surface area contributed by atoms with Crippen molar-refractivity contribution in [3.63, 3.8) is 0 Å². The molecular formula is C16H20N2O3. The van der Waals surface area contributed by atoms with E-state index in [1.807, 2.05) is 24.4 Å². The largest absolute Gasteiger partial charge is 0.465 e. The third kappa shape index (κ3) is 4.34. The standard InChI is InChI=1S/C16H20N2O3/c1-2-21-16(20)11-18-15(19)9-5-6-12-10-17-14-8-4-3-7-13(12)14/h3-4,7-8,10,17H,2,5-6,9,11H2,1H3,(H,18,19). The number of benzene rings is 1. The van der Waals surface area contributed by atoms with Gasteiger partial charge in [-0.25, -0.2) is 0 Å². The van der Waals surface area contributed by atoms with E-state index in [1.165, 1.54) is 10.9 Å². The number of para-hydroxylation sites is 1. The molecule has 0 aliphatic heterocycles. The van der Waals surface area contributed by atoms with Crippen molar-refractivity contribution in [2.24, 2.45) is 0 Å². The average Bonchev–Trinajstić information content (AvgIpc) is 2.89. The number of aryl methyl sites for hydroxylation is 1. The maximum absolute atomic E-state index is 11.6. The minimum Gasteiger partial charge on any atom is -0.465 e. The van der Waals surface area contributed by atoms with E-state index in [4.69, 9.17) is 4.74 Å². The topological polar surface area (TPSA) is 71.2 Å². The zero-order chi connectivity index (χ0) is 15.1. The molecule has 1 aromatic carbocycles. The normalized spacial score (nSPS) is 10.5. The molecule has 0 aliphatic carbocycles. The van der Waals surface area contributed by atoms with Gasteiger partial charge in [-0.1, -0.05) is 18.2 Å². The fourth-order valence-corrected chi connectivity index (χ4v) is 2.25. The number of carbonyl (C=O) groups is 2. The second kappa shape index (κ2) is 7.47. The predicted molar refractivity (Wildman–Crippen MR) is 80.9 cm³/mol. The molecule has 0 saturated carbocycles. The molecule has 0 fully saturated rings. The number of aromatic nitrogens is 1. The van der Waals surface area contributed by atoms with Crippen LogP contribution in [0.15, 0.2) is 30.5 Å². The highest BCUT2D eigenvalue weighted by molar-refractivity contribution is 5.83. The Morgan fingerprint density at radius 2 is 2.10 bits per heavy atom. The molecule has 2 aromatic rings. The number of esters is 1. The maximum atomic E-state index is 11.6. The van der Waals surface area contributed by atoms with Crippen LogP contribution in [0.5, 0.6) is 0 Å². The van der Waals surface area contributed by atoms with Gasteiger partial charge in [-0.05, 0) is 31.4 Å². The lowest BCUT2D eigenvalue weighted by molar-refractivity contribution is -0.143. The van der Waals surface area contributed by atoms with Crippen LogP contribution in [0.3, 0.4) is 0 Å². The molecule has 0 spiro atoms. The summed E-state index contributed by atoms with van der Waals surface area (Å²) in [7, 11) is 0. The number of hydrogen-bond donors (Lipinski definition) is 2. The Balaban J connectivity index is 1.74. The quantitative estimate of drug-likeness (QED) is 0.767. The van der Waals surface area contributed by atoms with Crippen molar-refractivity contribution in [2.75, 3.05) is 13.2 Å². The third-order valence-corrected chi connectivity index (χ3v) is 3.26. The Bertz CT molecular complexity index is 619. The summed E-state index contributed by atoms with van der Waals surface area (Å²) in [5.74, 6) is -0.523. The van der Waals surface area contributed by atoms with Gasteiger partial charge in [-0.15, -0.1) is 0 Å². The summed E-state index contributed by atoms with van der Waals surface area (Å²) in [6, 6.07) is 8.10. The molecule has 0 unspecified atom stereocenters. The molecular weight excluding hydrogens is 268 g/mol. The summed E-state index contributed by atoms with van der Waals surface area (Å²) in [6.45, 7) is 2.01. The number of fused-ring (bicyclic) bond motifs is 1. The van der Waals surface area contributed by atoms with Gasteiger partial charge in [0.25, 0.3) is 0 Å². The number of hydrogen-bond acceptors (Lipinski definition) is 3. The molecule has 0 atom stereocenters. The molecule has 2 N–H and O–H groups in total. The fourth-order valence-electron chi connectivity index (χ4n) is 2.25. The van der Waals surface area contributed by atoms with Gasteiger partial charge in [-0.2, -0.15) is 0 Å². The van der Waals surface area contributed by atoms with Gasteiger partial charge in [-0.3, -0.25) is 9.59 Å². The van der Waals surface area contributed by atoms with Crippen LogP contribution in [0.2, 0.25) is 0 Å². The molecule has 2 rings (SSSR count). The van der Waals surface area contributed by atoms with Crippen molar-refractivity contribution in [3.8, 4) is 0 Å². The highest BCUT2D eigenvalue weighted by Gasteiger charge is 2.07. The van der Waals surface area contributed by atoms with E-state index >= 15 is 0 Å². The average molecular weight is 288 g/mol. The van der Waals surface area contributed by atoms with E-state index in [9.17, 15) is 9.59 Å². The summed E-state index contributed by atoms with van der Waals surface area (Å²) in [5, 5.41) is 3.76. The first-order chi connectivity index (χ1) is 10.2. The summed E-state index contributed by atoms with van der Waals surface area (Å²) >= 11 is 0. The van der Waals surface area contributed by atoms with Gasteiger partial charge in [0.1, 0.15) is 6.54 Å². The van der Waals surface area contributed by atoms with Crippen LogP contribution in [0.4, 0.5) is 0 Å². The maximum Gasteiger partial charge on any atom is 0.325 e. The SMILES string of the molecule is CCOC(=O)CNC(=O)CCCc1c[nH]c2ccccc12. The van der Waals surface area contributed by atoms with Gasteiger partial charge in [0.05, 0.1) is 6.61 Å². The molecule has 21 heavy (non-hydrogen) atoms. The van der Waals surface area contributed by atoms with E-state index in [-0.39, 0.29) is 12.5 Å². The number of carbonyl (C=O) groups excluding carboxylic acids is 2. The zero-order valence-corrected chi connectivity index (χ0v) is 12.1. The van der Waals surface area contributed by atoms with Crippen molar-refractivity contribution in [2.45, 2.75) is 26.2 Å². The lowest BCUT2D eigenvalue weighted by Gasteiger charge is -2.04. The molecule has 1 amide bonds.